The molecule has 102 valence electrons. The van der Waals surface area contributed by atoms with E-state index < -0.39 is 24.3 Å². The first-order valence-corrected chi connectivity index (χ1v) is 6.10. The Morgan fingerprint density at radius 3 is 2.42 bits per heavy atom. The van der Waals surface area contributed by atoms with Gasteiger partial charge in [0.05, 0.1) is 17.4 Å². The van der Waals surface area contributed by atoms with Gasteiger partial charge in [-0.15, -0.1) is 0 Å². The molecule has 1 aliphatic rings. The number of rotatable bonds is 2. The first-order chi connectivity index (χ1) is 8.71. The molecule has 0 spiro atoms. The van der Waals surface area contributed by atoms with E-state index in [-0.39, 0.29) is 11.3 Å². The summed E-state index contributed by atoms with van der Waals surface area (Å²) in [6, 6.07) is 1.30. The average Bonchev–Trinajstić information content (AvgIpc) is 2.49. The third kappa shape index (κ3) is 2.79. The molecule has 1 saturated heterocycles. The van der Waals surface area contributed by atoms with E-state index in [1.165, 1.54) is 12.1 Å². The predicted octanol–water partition coefficient (Wildman–Crippen LogP) is 2.57. The van der Waals surface area contributed by atoms with Crippen molar-refractivity contribution in [2.75, 3.05) is 0 Å². The molecular formula is C13H17BFNO3. The molecule has 2 heterocycles. The highest BCUT2D eigenvalue weighted by molar-refractivity contribution is 6.52. The molecule has 1 N–H and O–H groups in total. The van der Waals surface area contributed by atoms with Crippen LogP contribution in [-0.2, 0) is 9.31 Å². The first kappa shape index (κ1) is 14.0. The average molecular weight is 265 g/mol. The molecule has 6 heteroatoms. The van der Waals surface area contributed by atoms with E-state index in [0.717, 1.165) is 6.20 Å². The smallest absolute Gasteiger partial charge is 0.487 e. The molecule has 0 saturated carbocycles. The minimum absolute atomic E-state index is 0.0880. The third-order valence-electron chi connectivity index (χ3n) is 3.56. The Balaban J connectivity index is 2.15. The molecule has 0 amide bonds. The van der Waals surface area contributed by atoms with E-state index >= 15 is 0 Å². The van der Waals surface area contributed by atoms with Gasteiger partial charge in [0.25, 0.3) is 0 Å². The molecule has 1 aromatic heterocycles. The Bertz CT molecular complexity index is 501. The van der Waals surface area contributed by atoms with E-state index in [4.69, 9.17) is 9.31 Å². The molecule has 19 heavy (non-hydrogen) atoms. The topological polar surface area (TPSA) is 51.6 Å². The summed E-state index contributed by atoms with van der Waals surface area (Å²) in [6.07, 6.45) is 2.55. The van der Waals surface area contributed by atoms with Crippen molar-refractivity contribution in [1.29, 1.82) is 0 Å². The number of aromatic hydroxyl groups is 1. The van der Waals surface area contributed by atoms with Gasteiger partial charge in [0.15, 0.2) is 0 Å². The fraction of sp³-hybridized carbons (Fsp3) is 0.462. The Kier molecular flexibility index (Phi) is 3.41. The lowest BCUT2D eigenvalue weighted by molar-refractivity contribution is 0.00578. The summed E-state index contributed by atoms with van der Waals surface area (Å²) in [5.41, 5.74) is -0.676. The number of nitrogens with zero attached hydrogens (tertiary/aromatic N) is 1. The van der Waals surface area contributed by atoms with E-state index in [1.807, 2.05) is 27.7 Å². The highest BCUT2D eigenvalue weighted by Crippen LogP contribution is 2.37. The standard InChI is InChI=1S/C13H17BFNO3/c1-12(2)13(3,4)19-14(18-12)6-5-9-7-10(17)8-16-11(9)15/h5-8,17H,1-4H3/b6-5+. The van der Waals surface area contributed by atoms with Crippen LogP contribution < -0.4 is 0 Å². The Labute approximate surface area is 112 Å². The third-order valence-corrected chi connectivity index (χ3v) is 3.56. The quantitative estimate of drug-likeness (QED) is 0.659. The maximum Gasteiger partial charge on any atom is 0.487 e. The van der Waals surface area contributed by atoms with Crippen molar-refractivity contribution < 1.29 is 18.8 Å². The summed E-state index contributed by atoms with van der Waals surface area (Å²) in [7, 11) is -0.549. The monoisotopic (exact) mass is 265 g/mol. The summed E-state index contributed by atoms with van der Waals surface area (Å²) < 4.78 is 24.9. The minimum atomic E-state index is -0.648. The highest BCUT2D eigenvalue weighted by atomic mass is 19.1. The largest absolute Gasteiger partial charge is 0.506 e. The lowest BCUT2D eigenvalue weighted by Crippen LogP contribution is -2.41. The van der Waals surface area contributed by atoms with Crippen LogP contribution in [0.4, 0.5) is 4.39 Å². The number of hydrogen-bond donors (Lipinski definition) is 1. The van der Waals surface area contributed by atoms with Crippen LogP contribution in [0.3, 0.4) is 0 Å². The van der Waals surface area contributed by atoms with Crippen molar-refractivity contribution in [3.63, 3.8) is 0 Å². The minimum Gasteiger partial charge on any atom is -0.506 e. The summed E-state index contributed by atoms with van der Waals surface area (Å²) in [4.78, 5) is 3.43. The van der Waals surface area contributed by atoms with Crippen molar-refractivity contribution in [2.24, 2.45) is 0 Å². The van der Waals surface area contributed by atoms with Gasteiger partial charge >= 0.3 is 7.12 Å². The van der Waals surface area contributed by atoms with Gasteiger partial charge in [0.1, 0.15) is 5.75 Å². The van der Waals surface area contributed by atoms with Crippen LogP contribution >= 0.6 is 0 Å². The zero-order valence-corrected chi connectivity index (χ0v) is 11.5. The molecule has 0 atom stereocenters. The molecule has 4 nitrogen and oxygen atoms in total. The van der Waals surface area contributed by atoms with Gasteiger partial charge in [-0.1, -0.05) is 12.1 Å². The van der Waals surface area contributed by atoms with Crippen LogP contribution in [-0.4, -0.2) is 28.4 Å². The zero-order valence-electron chi connectivity index (χ0n) is 11.5. The molecule has 0 aliphatic carbocycles. The Morgan fingerprint density at radius 1 is 1.26 bits per heavy atom. The van der Waals surface area contributed by atoms with Crippen molar-refractivity contribution in [3.05, 3.63) is 29.7 Å². The van der Waals surface area contributed by atoms with Crippen LogP contribution in [0.2, 0.25) is 0 Å². The first-order valence-electron chi connectivity index (χ1n) is 6.10. The molecule has 0 radical (unpaired) electrons. The Hall–Kier alpha value is -1.40. The second kappa shape index (κ2) is 4.61. The molecule has 2 rings (SSSR count). The van der Waals surface area contributed by atoms with Crippen LogP contribution in [0.1, 0.15) is 33.3 Å². The fourth-order valence-electron chi connectivity index (χ4n) is 1.72. The van der Waals surface area contributed by atoms with Crippen LogP contribution in [0.15, 0.2) is 18.2 Å². The maximum absolute atomic E-state index is 13.4. The van der Waals surface area contributed by atoms with Gasteiger partial charge in [-0.3, -0.25) is 0 Å². The van der Waals surface area contributed by atoms with E-state index in [0.29, 0.717) is 0 Å². The van der Waals surface area contributed by atoms with E-state index in [1.54, 1.807) is 5.98 Å². The zero-order chi connectivity index (χ0) is 14.3. The van der Waals surface area contributed by atoms with Gasteiger partial charge in [-0.05, 0) is 33.8 Å². The van der Waals surface area contributed by atoms with Crippen LogP contribution in [0.5, 0.6) is 5.75 Å². The molecule has 0 bridgehead atoms. The molecule has 1 aliphatic heterocycles. The highest BCUT2D eigenvalue weighted by Gasteiger charge is 2.49. The number of aromatic nitrogens is 1. The second-order valence-corrected chi connectivity index (χ2v) is 5.56. The molecule has 0 unspecified atom stereocenters. The number of halogens is 1. The molecule has 1 fully saturated rings. The number of hydrogen-bond acceptors (Lipinski definition) is 4. The second-order valence-electron chi connectivity index (χ2n) is 5.56. The Morgan fingerprint density at radius 2 is 1.84 bits per heavy atom. The van der Waals surface area contributed by atoms with Crippen molar-refractivity contribution in [1.82, 2.24) is 4.98 Å². The van der Waals surface area contributed by atoms with Gasteiger partial charge in [0.2, 0.25) is 5.95 Å². The fourth-order valence-corrected chi connectivity index (χ4v) is 1.72. The molecule has 1 aromatic rings. The van der Waals surface area contributed by atoms with Gasteiger partial charge < -0.3 is 14.4 Å². The SMILES string of the molecule is CC1(C)OB(/C=C/c2cc(O)cnc2F)OC1(C)C. The summed E-state index contributed by atoms with van der Waals surface area (Å²) in [5.74, 6) is 0.872. The summed E-state index contributed by atoms with van der Waals surface area (Å²) >= 11 is 0. The van der Waals surface area contributed by atoms with Gasteiger partial charge in [-0.2, -0.15) is 4.39 Å². The summed E-state index contributed by atoms with van der Waals surface area (Å²) in [5, 5.41) is 9.27. The summed E-state index contributed by atoms with van der Waals surface area (Å²) in [6.45, 7) is 7.77. The van der Waals surface area contributed by atoms with E-state index in [9.17, 15) is 9.50 Å². The lowest BCUT2D eigenvalue weighted by Gasteiger charge is -2.32. The normalized spacial score (nSPS) is 21.2. The molecular weight excluding hydrogens is 248 g/mol. The lowest BCUT2D eigenvalue weighted by atomic mass is 9.89. The predicted molar refractivity (Wildman–Crippen MR) is 71.0 cm³/mol. The van der Waals surface area contributed by atoms with Crippen LogP contribution in [0.25, 0.3) is 6.08 Å². The number of pyridine rings is 1. The van der Waals surface area contributed by atoms with Crippen LogP contribution in [0, 0.1) is 5.95 Å². The van der Waals surface area contributed by atoms with E-state index in [2.05, 4.69) is 4.98 Å². The van der Waals surface area contributed by atoms with Crippen molar-refractivity contribution in [3.8, 4) is 5.75 Å². The molecule has 0 aromatic carbocycles. The maximum atomic E-state index is 13.4. The van der Waals surface area contributed by atoms with Gasteiger partial charge in [-0.25, -0.2) is 4.98 Å². The van der Waals surface area contributed by atoms with Crippen molar-refractivity contribution in [2.45, 2.75) is 38.9 Å². The van der Waals surface area contributed by atoms with Gasteiger partial charge in [0, 0.05) is 5.56 Å². The van der Waals surface area contributed by atoms with Crippen molar-refractivity contribution >= 4 is 13.2 Å².